The maximum Gasteiger partial charge on any atom is 0.233 e. The molecule has 168 valence electrons. The number of carbonyl (C=O) groups excluding carboxylic acids is 1. The first kappa shape index (κ1) is 21.2. The van der Waals surface area contributed by atoms with Crippen LogP contribution >= 0.6 is 0 Å². The summed E-state index contributed by atoms with van der Waals surface area (Å²) in [4.78, 5) is 15.8. The van der Waals surface area contributed by atoms with E-state index in [1.165, 1.54) is 6.07 Å². The number of halogens is 1. The number of nitrogens with zero attached hydrogens (tertiary/aromatic N) is 1. The highest BCUT2D eigenvalue weighted by Crippen LogP contribution is 2.38. The van der Waals surface area contributed by atoms with Gasteiger partial charge in [-0.05, 0) is 43.0 Å². The quantitative estimate of drug-likeness (QED) is 0.609. The number of rotatable bonds is 4. The van der Waals surface area contributed by atoms with Gasteiger partial charge in [-0.1, -0.05) is 30.3 Å². The predicted molar refractivity (Wildman–Crippen MR) is 119 cm³/mol. The second-order valence-corrected chi connectivity index (χ2v) is 8.86. The van der Waals surface area contributed by atoms with Crippen molar-refractivity contribution in [2.75, 3.05) is 39.5 Å². The Labute approximate surface area is 187 Å². The van der Waals surface area contributed by atoms with E-state index in [1.807, 2.05) is 17.0 Å². The summed E-state index contributed by atoms with van der Waals surface area (Å²) in [6, 6.07) is 14.8. The average molecular weight is 438 g/mol. The third-order valence-corrected chi connectivity index (χ3v) is 6.82. The van der Waals surface area contributed by atoms with Gasteiger partial charge >= 0.3 is 0 Å². The Morgan fingerprint density at radius 3 is 2.75 bits per heavy atom. The first-order valence-electron chi connectivity index (χ1n) is 11.3. The van der Waals surface area contributed by atoms with Gasteiger partial charge in [-0.2, -0.15) is 0 Å². The van der Waals surface area contributed by atoms with Crippen LogP contribution in [0, 0.1) is 11.7 Å². The van der Waals surface area contributed by atoms with Crippen molar-refractivity contribution < 1.29 is 23.1 Å². The fourth-order valence-electron chi connectivity index (χ4n) is 5.12. The van der Waals surface area contributed by atoms with Crippen LogP contribution in [0.5, 0.6) is 0 Å². The molecule has 1 amide bonds. The molecule has 2 saturated heterocycles. The summed E-state index contributed by atoms with van der Waals surface area (Å²) in [7, 11) is 0. The van der Waals surface area contributed by atoms with Gasteiger partial charge in [0, 0.05) is 43.2 Å². The molecule has 1 atom stereocenters. The monoisotopic (exact) mass is 437 g/mol. The summed E-state index contributed by atoms with van der Waals surface area (Å²) in [6.45, 7) is 3.10. The summed E-state index contributed by atoms with van der Waals surface area (Å²) in [6.07, 6.45) is 3.46. The second kappa shape index (κ2) is 9.04. The summed E-state index contributed by atoms with van der Waals surface area (Å²) in [5.74, 6) is -0.175. The lowest BCUT2D eigenvalue weighted by molar-refractivity contribution is -0.142. The van der Waals surface area contributed by atoms with E-state index >= 15 is 0 Å². The molecule has 3 heterocycles. The molecule has 2 fully saturated rings. The Morgan fingerprint density at radius 1 is 1.06 bits per heavy atom. The molecule has 32 heavy (non-hydrogen) atoms. The molecule has 2 aromatic carbocycles. The van der Waals surface area contributed by atoms with Crippen LogP contribution in [0.4, 0.5) is 4.39 Å². The molecule has 0 spiro atoms. The van der Waals surface area contributed by atoms with Crippen molar-refractivity contribution in [3.05, 3.63) is 71.7 Å². The van der Waals surface area contributed by atoms with Crippen molar-refractivity contribution in [2.45, 2.75) is 24.7 Å². The Balaban J connectivity index is 1.39. The molecular formula is C26H28FNO4. The lowest BCUT2D eigenvalue weighted by atomic mass is 9.72. The minimum atomic E-state index is -0.883. The fraction of sp³-hybridized carbons (Fsp3) is 0.423. The lowest BCUT2D eigenvalue weighted by Crippen LogP contribution is -2.51. The van der Waals surface area contributed by atoms with Gasteiger partial charge in [0.25, 0.3) is 0 Å². The van der Waals surface area contributed by atoms with E-state index in [0.29, 0.717) is 57.9 Å². The Morgan fingerprint density at radius 2 is 1.91 bits per heavy atom. The van der Waals surface area contributed by atoms with E-state index in [4.69, 9.17) is 13.9 Å². The number of fused-ring (bicyclic) bond motifs is 1. The highest BCUT2D eigenvalue weighted by atomic mass is 19.1. The first-order valence-corrected chi connectivity index (χ1v) is 11.3. The molecule has 0 radical (unpaired) electrons. The molecule has 6 heteroatoms. The molecule has 0 aliphatic carbocycles. The first-order chi connectivity index (χ1) is 15.7. The molecule has 5 nitrogen and oxygen atoms in total. The molecule has 3 aromatic rings. The Kier molecular flexibility index (Phi) is 5.98. The minimum absolute atomic E-state index is 0.0112. The Hall–Kier alpha value is -2.70. The summed E-state index contributed by atoms with van der Waals surface area (Å²) < 4.78 is 31.8. The molecule has 0 N–H and O–H groups in total. The normalized spacial score (nSPS) is 21.4. The van der Waals surface area contributed by atoms with Crippen LogP contribution in [0.15, 0.2) is 59.2 Å². The fourth-order valence-corrected chi connectivity index (χ4v) is 5.12. The van der Waals surface area contributed by atoms with Crippen LogP contribution in [-0.4, -0.2) is 50.3 Å². The van der Waals surface area contributed by atoms with Gasteiger partial charge in [0.15, 0.2) is 0 Å². The van der Waals surface area contributed by atoms with Gasteiger partial charge in [0.05, 0.1) is 24.9 Å². The van der Waals surface area contributed by atoms with Gasteiger partial charge < -0.3 is 18.8 Å². The molecule has 1 unspecified atom stereocenters. The molecule has 5 rings (SSSR count). The van der Waals surface area contributed by atoms with Crippen LogP contribution in [-0.2, 0) is 26.1 Å². The van der Waals surface area contributed by atoms with Crippen molar-refractivity contribution >= 4 is 16.9 Å². The number of benzene rings is 2. The summed E-state index contributed by atoms with van der Waals surface area (Å²) in [5.41, 5.74) is 1.63. The average Bonchev–Trinajstić information content (AvgIpc) is 3.16. The zero-order valence-electron chi connectivity index (χ0n) is 18.1. The van der Waals surface area contributed by atoms with Crippen molar-refractivity contribution in [1.29, 1.82) is 0 Å². The summed E-state index contributed by atoms with van der Waals surface area (Å²) >= 11 is 0. The topological polar surface area (TPSA) is 51.9 Å². The van der Waals surface area contributed by atoms with Crippen molar-refractivity contribution in [2.24, 2.45) is 5.92 Å². The number of amides is 1. The van der Waals surface area contributed by atoms with E-state index in [0.717, 1.165) is 23.0 Å². The van der Waals surface area contributed by atoms with E-state index < -0.39 is 5.41 Å². The summed E-state index contributed by atoms with van der Waals surface area (Å²) in [5, 5.41) is 1.08. The van der Waals surface area contributed by atoms with E-state index in [1.54, 1.807) is 18.4 Å². The smallest absolute Gasteiger partial charge is 0.233 e. The zero-order valence-corrected chi connectivity index (χ0v) is 18.1. The molecule has 1 aromatic heterocycles. The van der Waals surface area contributed by atoms with Crippen molar-refractivity contribution in [3.8, 4) is 0 Å². The third-order valence-electron chi connectivity index (χ3n) is 6.82. The molecule has 2 aliphatic rings. The van der Waals surface area contributed by atoms with Gasteiger partial charge in [-0.15, -0.1) is 0 Å². The number of ether oxygens (including phenoxy) is 2. The van der Waals surface area contributed by atoms with Crippen LogP contribution < -0.4 is 0 Å². The number of furan rings is 1. The van der Waals surface area contributed by atoms with Gasteiger partial charge in [0.2, 0.25) is 5.91 Å². The molecule has 0 saturated carbocycles. The van der Waals surface area contributed by atoms with Crippen molar-refractivity contribution in [1.82, 2.24) is 4.90 Å². The highest BCUT2D eigenvalue weighted by Gasteiger charge is 2.46. The SMILES string of the molecule is O=C(N1CCOCC(Cc2ccc3ccoc3c2)C1)C1(c2ccccc2F)CCOCC1. The van der Waals surface area contributed by atoms with E-state index in [-0.39, 0.29) is 17.6 Å². The van der Waals surface area contributed by atoms with Crippen molar-refractivity contribution in [3.63, 3.8) is 0 Å². The number of carbonyl (C=O) groups is 1. The van der Waals surface area contributed by atoms with Gasteiger partial charge in [0.1, 0.15) is 11.4 Å². The molecule has 0 bridgehead atoms. The van der Waals surface area contributed by atoms with Gasteiger partial charge in [-0.25, -0.2) is 4.39 Å². The highest BCUT2D eigenvalue weighted by molar-refractivity contribution is 5.88. The molecule has 2 aliphatic heterocycles. The van der Waals surface area contributed by atoms with E-state index in [9.17, 15) is 9.18 Å². The lowest BCUT2D eigenvalue weighted by Gasteiger charge is -2.40. The van der Waals surface area contributed by atoms with Gasteiger partial charge in [-0.3, -0.25) is 4.79 Å². The number of hydrogen-bond acceptors (Lipinski definition) is 4. The second-order valence-electron chi connectivity index (χ2n) is 8.86. The third kappa shape index (κ3) is 4.05. The van der Waals surface area contributed by atoms with E-state index in [2.05, 4.69) is 18.2 Å². The predicted octanol–water partition coefficient (Wildman–Crippen LogP) is 4.34. The van der Waals surface area contributed by atoms with Crippen LogP contribution in [0.2, 0.25) is 0 Å². The largest absolute Gasteiger partial charge is 0.464 e. The van der Waals surface area contributed by atoms with Crippen LogP contribution in [0.25, 0.3) is 11.0 Å². The minimum Gasteiger partial charge on any atom is -0.464 e. The zero-order chi connectivity index (χ0) is 22.0. The standard InChI is InChI=1S/C26H28FNO4/c27-23-4-2-1-3-22(23)26(8-12-30-13-9-26)25(29)28-10-14-31-18-20(17-28)15-19-5-6-21-7-11-32-24(21)16-19/h1-7,11,16,20H,8-10,12-15,17-18H2. The maximum atomic E-state index is 14.8. The van der Waals surface area contributed by atoms with Crippen LogP contribution in [0.3, 0.4) is 0 Å². The van der Waals surface area contributed by atoms with Crippen LogP contribution in [0.1, 0.15) is 24.0 Å². The molecular weight excluding hydrogens is 409 g/mol. The maximum absolute atomic E-state index is 14.8. The number of hydrogen-bond donors (Lipinski definition) is 0. The Bertz CT molecular complexity index is 1090.